The molecule has 0 aliphatic heterocycles. The molecule has 0 saturated heterocycles. The summed E-state index contributed by atoms with van der Waals surface area (Å²) in [5.41, 5.74) is 11.8. The Morgan fingerprint density at radius 1 is 0.300 bits per heavy atom. The molecule has 0 saturated carbocycles. The Labute approximate surface area is 291 Å². The second kappa shape index (κ2) is 12.7. The van der Waals surface area contributed by atoms with E-state index in [-0.39, 0.29) is 0 Å². The topological polar surface area (TPSA) is 22.8 Å². The molecule has 3 aromatic heterocycles. The highest BCUT2D eigenvalue weighted by Gasteiger charge is 2.14. The van der Waals surface area contributed by atoms with Gasteiger partial charge in [-0.2, -0.15) is 0 Å². The maximum absolute atomic E-state index is 4.44. The quantitative estimate of drug-likeness (QED) is 0.188. The lowest BCUT2D eigenvalue weighted by Gasteiger charge is -2.12. The number of aromatic nitrogens is 3. The molecular weight excluding hydrogens is 607 g/mol. The Kier molecular flexibility index (Phi) is 7.49. The molecule has 3 heterocycles. The fourth-order valence-corrected chi connectivity index (χ4v) is 7.18. The van der Waals surface area contributed by atoms with Crippen LogP contribution in [0.25, 0.3) is 77.4 Å². The Hall–Kier alpha value is -6.71. The van der Waals surface area contributed by atoms with E-state index in [2.05, 4.69) is 178 Å². The van der Waals surface area contributed by atoms with E-state index in [0.29, 0.717) is 0 Å². The molecular formula is C47H33N3. The lowest BCUT2D eigenvalue weighted by molar-refractivity contribution is 1.13. The van der Waals surface area contributed by atoms with Crippen molar-refractivity contribution in [2.75, 3.05) is 0 Å². The SMILES string of the molecule is c1cc(-n2c3ccccc3c3ccccc32)cc(-n2c3ccccc3c3ccccc32)c1.c1ccc(-c2ccnc(-c3ccccc3)c2)cc1. The van der Waals surface area contributed by atoms with Crippen LogP contribution in [-0.4, -0.2) is 14.1 Å². The van der Waals surface area contributed by atoms with Gasteiger partial charge in [-0.05, 0) is 65.7 Å². The van der Waals surface area contributed by atoms with Gasteiger partial charge in [0.15, 0.2) is 0 Å². The number of hydrogen-bond donors (Lipinski definition) is 0. The molecule has 50 heavy (non-hydrogen) atoms. The van der Waals surface area contributed by atoms with Crippen LogP contribution in [0.3, 0.4) is 0 Å². The highest BCUT2D eigenvalue weighted by molar-refractivity contribution is 6.10. The molecule has 0 N–H and O–H groups in total. The third kappa shape index (κ3) is 5.22. The number of pyridine rings is 1. The number of rotatable bonds is 4. The first-order chi connectivity index (χ1) is 24.8. The minimum absolute atomic E-state index is 1.01. The first-order valence-corrected chi connectivity index (χ1v) is 17.0. The molecule has 0 aliphatic rings. The number of benzene rings is 7. The first kappa shape index (κ1) is 29.4. The number of para-hydroxylation sites is 4. The highest BCUT2D eigenvalue weighted by Crippen LogP contribution is 2.35. The molecule has 10 aromatic rings. The fraction of sp³-hybridized carbons (Fsp3) is 0. The monoisotopic (exact) mass is 639 g/mol. The first-order valence-electron chi connectivity index (χ1n) is 17.0. The van der Waals surface area contributed by atoms with Crippen LogP contribution in [0.1, 0.15) is 0 Å². The van der Waals surface area contributed by atoms with Gasteiger partial charge in [0.1, 0.15) is 0 Å². The zero-order valence-electron chi connectivity index (χ0n) is 27.4. The van der Waals surface area contributed by atoms with Crippen molar-refractivity contribution in [3.63, 3.8) is 0 Å². The molecule has 236 valence electrons. The van der Waals surface area contributed by atoms with E-state index in [0.717, 1.165) is 11.3 Å². The Morgan fingerprint density at radius 2 is 0.700 bits per heavy atom. The summed E-state index contributed by atoms with van der Waals surface area (Å²) >= 11 is 0. The summed E-state index contributed by atoms with van der Waals surface area (Å²) in [4.78, 5) is 4.44. The molecule has 3 heteroatoms. The highest BCUT2D eigenvalue weighted by atomic mass is 15.0. The van der Waals surface area contributed by atoms with Crippen molar-refractivity contribution < 1.29 is 0 Å². The average Bonchev–Trinajstić information content (AvgIpc) is 3.72. The third-order valence-electron chi connectivity index (χ3n) is 9.44. The summed E-state index contributed by atoms with van der Waals surface area (Å²) in [6.07, 6.45) is 1.87. The van der Waals surface area contributed by atoms with Crippen LogP contribution < -0.4 is 0 Å². The van der Waals surface area contributed by atoms with E-state index >= 15 is 0 Å². The molecule has 0 fully saturated rings. The Balaban J connectivity index is 0.000000159. The van der Waals surface area contributed by atoms with Crippen molar-refractivity contribution in [1.82, 2.24) is 14.1 Å². The van der Waals surface area contributed by atoms with Crippen LogP contribution in [-0.2, 0) is 0 Å². The van der Waals surface area contributed by atoms with Gasteiger partial charge >= 0.3 is 0 Å². The van der Waals surface area contributed by atoms with Crippen molar-refractivity contribution in [2.45, 2.75) is 0 Å². The summed E-state index contributed by atoms with van der Waals surface area (Å²) in [5.74, 6) is 0. The zero-order chi connectivity index (χ0) is 33.3. The van der Waals surface area contributed by atoms with E-state index in [1.165, 1.54) is 66.1 Å². The van der Waals surface area contributed by atoms with Gasteiger partial charge in [-0.3, -0.25) is 4.98 Å². The Bertz CT molecular complexity index is 2460. The molecule has 10 rings (SSSR count). The fourth-order valence-electron chi connectivity index (χ4n) is 7.18. The largest absolute Gasteiger partial charge is 0.309 e. The predicted molar refractivity (Wildman–Crippen MR) is 210 cm³/mol. The average molecular weight is 640 g/mol. The maximum atomic E-state index is 4.44. The van der Waals surface area contributed by atoms with Crippen molar-refractivity contribution in [1.29, 1.82) is 0 Å². The van der Waals surface area contributed by atoms with Gasteiger partial charge in [-0.15, -0.1) is 0 Å². The normalized spacial score (nSPS) is 11.2. The predicted octanol–water partition coefficient (Wildman–Crippen LogP) is 12.3. The molecule has 0 amide bonds. The molecule has 0 bridgehead atoms. The van der Waals surface area contributed by atoms with Crippen LogP contribution in [0.15, 0.2) is 200 Å². The smallest absolute Gasteiger partial charge is 0.0708 e. The summed E-state index contributed by atoms with van der Waals surface area (Å²) in [6.45, 7) is 0. The van der Waals surface area contributed by atoms with Crippen LogP contribution in [0.4, 0.5) is 0 Å². The van der Waals surface area contributed by atoms with Gasteiger partial charge in [0, 0.05) is 44.7 Å². The van der Waals surface area contributed by atoms with Crippen molar-refractivity contribution in [3.8, 4) is 33.8 Å². The number of fused-ring (bicyclic) bond motifs is 6. The Morgan fingerprint density at radius 3 is 1.16 bits per heavy atom. The van der Waals surface area contributed by atoms with Crippen molar-refractivity contribution >= 4 is 43.6 Å². The minimum atomic E-state index is 1.01. The number of hydrogen-bond acceptors (Lipinski definition) is 1. The molecule has 0 radical (unpaired) electrons. The van der Waals surface area contributed by atoms with Crippen LogP contribution in [0.2, 0.25) is 0 Å². The van der Waals surface area contributed by atoms with Gasteiger partial charge in [-0.25, -0.2) is 0 Å². The van der Waals surface area contributed by atoms with Gasteiger partial charge < -0.3 is 9.13 Å². The molecule has 0 atom stereocenters. The van der Waals surface area contributed by atoms with Gasteiger partial charge in [0.2, 0.25) is 0 Å². The second-order valence-corrected chi connectivity index (χ2v) is 12.4. The molecule has 7 aromatic carbocycles. The zero-order valence-corrected chi connectivity index (χ0v) is 27.4. The van der Waals surface area contributed by atoms with E-state index in [9.17, 15) is 0 Å². The summed E-state index contributed by atoms with van der Waals surface area (Å²) in [6, 6.07) is 68.3. The molecule has 0 aliphatic carbocycles. The van der Waals surface area contributed by atoms with Gasteiger partial charge in [0.05, 0.1) is 27.8 Å². The van der Waals surface area contributed by atoms with Crippen molar-refractivity contribution in [3.05, 3.63) is 200 Å². The van der Waals surface area contributed by atoms with Crippen LogP contribution in [0, 0.1) is 0 Å². The maximum Gasteiger partial charge on any atom is 0.0708 e. The molecule has 3 nitrogen and oxygen atoms in total. The van der Waals surface area contributed by atoms with Crippen LogP contribution in [0.5, 0.6) is 0 Å². The van der Waals surface area contributed by atoms with Crippen molar-refractivity contribution in [2.24, 2.45) is 0 Å². The van der Waals surface area contributed by atoms with E-state index in [1.807, 2.05) is 36.5 Å². The lowest BCUT2D eigenvalue weighted by Crippen LogP contribution is -1.98. The molecule has 0 unspecified atom stereocenters. The van der Waals surface area contributed by atoms with Crippen LogP contribution >= 0.6 is 0 Å². The summed E-state index contributed by atoms with van der Waals surface area (Å²) in [7, 11) is 0. The van der Waals surface area contributed by atoms with Gasteiger partial charge in [-0.1, -0.05) is 140 Å². The minimum Gasteiger partial charge on any atom is -0.309 e. The van der Waals surface area contributed by atoms with E-state index in [1.54, 1.807) is 0 Å². The van der Waals surface area contributed by atoms with Gasteiger partial charge in [0.25, 0.3) is 0 Å². The summed E-state index contributed by atoms with van der Waals surface area (Å²) < 4.78 is 4.75. The summed E-state index contributed by atoms with van der Waals surface area (Å²) in [5, 5.41) is 5.13. The van der Waals surface area contributed by atoms with E-state index in [4.69, 9.17) is 0 Å². The second-order valence-electron chi connectivity index (χ2n) is 12.4. The lowest BCUT2D eigenvalue weighted by atomic mass is 10.0. The number of nitrogens with zero attached hydrogens (tertiary/aromatic N) is 3. The molecule has 0 spiro atoms. The third-order valence-corrected chi connectivity index (χ3v) is 9.44. The van der Waals surface area contributed by atoms with E-state index < -0.39 is 0 Å². The standard InChI is InChI=1S/C30H20N2.C17H13N/c1-5-16-27-23(12-1)24-13-2-6-17-28(24)31(27)21-10-9-11-22(20-21)32-29-18-7-3-14-25(29)26-15-4-8-19-30(26)32;1-3-7-14(8-4-1)16-11-12-18-17(13-16)15-9-5-2-6-10-15/h1-20H;1-13H.